The third-order valence-electron chi connectivity index (χ3n) is 3.25. The molecule has 2 rings (SSSR count). The summed E-state index contributed by atoms with van der Waals surface area (Å²) >= 11 is 1.78. The molecule has 0 aliphatic rings. The Labute approximate surface area is 137 Å². The summed E-state index contributed by atoms with van der Waals surface area (Å²) in [6.45, 7) is 10.5. The third kappa shape index (κ3) is 4.68. The van der Waals surface area contributed by atoms with Gasteiger partial charge in [-0.15, -0.1) is 17.9 Å². The largest absolute Gasteiger partial charge is 0.494 e. The second-order valence-corrected chi connectivity index (χ2v) is 6.42. The van der Waals surface area contributed by atoms with Gasteiger partial charge >= 0.3 is 0 Å². The molecule has 0 unspecified atom stereocenters. The number of hydrogen-bond donors (Lipinski definition) is 1. The highest BCUT2D eigenvalue weighted by Crippen LogP contribution is 2.29. The molecule has 2 aromatic rings. The van der Waals surface area contributed by atoms with Gasteiger partial charge in [0.25, 0.3) is 0 Å². The Morgan fingerprint density at radius 3 is 2.77 bits per heavy atom. The van der Waals surface area contributed by atoms with Crippen LogP contribution in [0.1, 0.15) is 23.2 Å². The van der Waals surface area contributed by atoms with Gasteiger partial charge in [-0.3, -0.25) is 0 Å². The number of rotatable bonds is 9. The maximum atomic E-state index is 5.62. The molecule has 0 fully saturated rings. The fraction of sp³-hybridized carbons (Fsp3) is 0.389. The summed E-state index contributed by atoms with van der Waals surface area (Å²) in [5.41, 5.74) is 2.24. The molecule has 3 nitrogen and oxygen atoms in total. The molecular weight excluding hydrogens is 292 g/mol. The summed E-state index contributed by atoms with van der Waals surface area (Å²) in [6, 6.07) is 8.23. The Morgan fingerprint density at radius 1 is 1.32 bits per heavy atom. The molecule has 0 radical (unpaired) electrons. The van der Waals surface area contributed by atoms with Gasteiger partial charge < -0.3 is 10.1 Å². The molecule has 0 aliphatic heterocycles. The van der Waals surface area contributed by atoms with Crippen LogP contribution in [-0.2, 0) is 6.42 Å². The average molecular weight is 316 g/mol. The molecule has 1 N–H and O–H groups in total. The van der Waals surface area contributed by atoms with Crippen LogP contribution in [0, 0.1) is 6.92 Å². The molecule has 0 saturated heterocycles. The minimum absolute atomic E-state index is 0.761. The number of aryl methyl sites for hydroxylation is 1. The highest BCUT2D eigenvalue weighted by atomic mass is 32.1. The van der Waals surface area contributed by atoms with Gasteiger partial charge in [0.1, 0.15) is 5.75 Å². The van der Waals surface area contributed by atoms with Crippen molar-refractivity contribution >= 4 is 11.3 Å². The van der Waals surface area contributed by atoms with Crippen molar-refractivity contribution in [2.24, 2.45) is 0 Å². The first-order valence-electron chi connectivity index (χ1n) is 7.75. The van der Waals surface area contributed by atoms with Crippen molar-refractivity contribution < 1.29 is 4.74 Å². The predicted molar refractivity (Wildman–Crippen MR) is 94.8 cm³/mol. The molecule has 0 bridgehead atoms. The second kappa shape index (κ2) is 8.71. The molecule has 0 atom stereocenters. The van der Waals surface area contributed by atoms with Gasteiger partial charge in [0, 0.05) is 30.0 Å². The number of nitrogens with zero attached hydrogens (tertiary/aromatic N) is 1. The van der Waals surface area contributed by atoms with E-state index in [0.717, 1.165) is 49.5 Å². The lowest BCUT2D eigenvalue weighted by Crippen LogP contribution is -2.16. The number of thiazole rings is 1. The van der Waals surface area contributed by atoms with Gasteiger partial charge in [0.15, 0.2) is 0 Å². The highest BCUT2D eigenvalue weighted by Gasteiger charge is 2.09. The first kappa shape index (κ1) is 16.7. The fourth-order valence-corrected chi connectivity index (χ4v) is 3.11. The van der Waals surface area contributed by atoms with E-state index >= 15 is 0 Å². The Morgan fingerprint density at radius 2 is 2.09 bits per heavy atom. The van der Waals surface area contributed by atoms with Crippen LogP contribution in [0.4, 0.5) is 0 Å². The SMILES string of the molecule is C=CCNCCc1nc(-c2ccc(OCCC)cc2)c(C)s1. The number of aromatic nitrogens is 1. The maximum absolute atomic E-state index is 5.62. The lowest BCUT2D eigenvalue weighted by atomic mass is 10.1. The van der Waals surface area contributed by atoms with Crippen molar-refractivity contribution in [1.29, 1.82) is 0 Å². The standard InChI is InChI=1S/C18H24N2OS/c1-4-11-19-12-10-17-20-18(14(3)22-17)15-6-8-16(9-7-15)21-13-5-2/h4,6-9,19H,1,5,10-13H2,2-3H3. The summed E-state index contributed by atoms with van der Waals surface area (Å²) in [5.74, 6) is 0.923. The van der Waals surface area contributed by atoms with Crippen LogP contribution in [0.5, 0.6) is 5.75 Å². The zero-order valence-corrected chi connectivity index (χ0v) is 14.2. The molecule has 4 heteroatoms. The summed E-state index contributed by atoms with van der Waals surface area (Å²) in [6.07, 6.45) is 3.86. The molecule has 0 saturated carbocycles. The monoisotopic (exact) mass is 316 g/mol. The quantitative estimate of drug-likeness (QED) is 0.555. The molecular formula is C18H24N2OS. The van der Waals surface area contributed by atoms with Gasteiger partial charge in [0.2, 0.25) is 0 Å². The van der Waals surface area contributed by atoms with E-state index in [0.29, 0.717) is 0 Å². The summed E-state index contributed by atoms with van der Waals surface area (Å²) in [7, 11) is 0. The topological polar surface area (TPSA) is 34.2 Å². The van der Waals surface area contributed by atoms with Crippen LogP contribution >= 0.6 is 11.3 Å². The van der Waals surface area contributed by atoms with Gasteiger partial charge in [-0.05, 0) is 37.6 Å². The maximum Gasteiger partial charge on any atom is 0.119 e. The van der Waals surface area contributed by atoms with Gasteiger partial charge in [-0.25, -0.2) is 4.98 Å². The molecule has 1 aromatic heterocycles. The van der Waals surface area contributed by atoms with Crippen LogP contribution < -0.4 is 10.1 Å². The number of ether oxygens (including phenoxy) is 1. The lowest BCUT2D eigenvalue weighted by molar-refractivity contribution is 0.317. The second-order valence-electron chi connectivity index (χ2n) is 5.13. The highest BCUT2D eigenvalue weighted by molar-refractivity contribution is 7.12. The van der Waals surface area contributed by atoms with Crippen molar-refractivity contribution in [2.75, 3.05) is 19.7 Å². The van der Waals surface area contributed by atoms with Gasteiger partial charge in [-0.1, -0.05) is 13.0 Å². The van der Waals surface area contributed by atoms with E-state index in [2.05, 4.69) is 37.9 Å². The Kier molecular flexibility index (Phi) is 6.62. The van der Waals surface area contributed by atoms with E-state index in [1.54, 1.807) is 11.3 Å². The smallest absolute Gasteiger partial charge is 0.119 e. The third-order valence-corrected chi connectivity index (χ3v) is 4.28. The van der Waals surface area contributed by atoms with E-state index in [1.165, 1.54) is 9.88 Å². The molecule has 0 aliphatic carbocycles. The minimum Gasteiger partial charge on any atom is -0.494 e. The van der Waals surface area contributed by atoms with Crippen molar-refractivity contribution in [3.05, 3.63) is 46.8 Å². The Bertz CT molecular complexity index is 590. The minimum atomic E-state index is 0.761. The van der Waals surface area contributed by atoms with E-state index in [4.69, 9.17) is 9.72 Å². The molecule has 22 heavy (non-hydrogen) atoms. The zero-order chi connectivity index (χ0) is 15.8. The number of benzene rings is 1. The van der Waals surface area contributed by atoms with Crippen LogP contribution in [0.2, 0.25) is 0 Å². The Hall–Kier alpha value is -1.65. The van der Waals surface area contributed by atoms with Crippen LogP contribution in [0.25, 0.3) is 11.3 Å². The zero-order valence-electron chi connectivity index (χ0n) is 13.4. The summed E-state index contributed by atoms with van der Waals surface area (Å²) in [4.78, 5) is 6.05. The van der Waals surface area contributed by atoms with E-state index in [1.807, 2.05) is 18.2 Å². The van der Waals surface area contributed by atoms with Crippen molar-refractivity contribution in [3.8, 4) is 17.0 Å². The molecule has 1 aromatic carbocycles. The van der Waals surface area contributed by atoms with Gasteiger partial charge in [-0.2, -0.15) is 0 Å². The molecule has 0 amide bonds. The number of nitrogens with one attached hydrogen (secondary N) is 1. The van der Waals surface area contributed by atoms with Crippen molar-refractivity contribution in [2.45, 2.75) is 26.7 Å². The molecule has 118 valence electrons. The predicted octanol–water partition coefficient (Wildman–Crippen LogP) is 4.23. The summed E-state index contributed by atoms with van der Waals surface area (Å²) < 4.78 is 5.62. The first-order chi connectivity index (χ1) is 10.7. The summed E-state index contributed by atoms with van der Waals surface area (Å²) in [5, 5.41) is 4.49. The van der Waals surface area contributed by atoms with E-state index in [9.17, 15) is 0 Å². The fourth-order valence-electron chi connectivity index (χ4n) is 2.15. The van der Waals surface area contributed by atoms with Gasteiger partial charge in [0.05, 0.1) is 17.3 Å². The normalized spacial score (nSPS) is 10.6. The van der Waals surface area contributed by atoms with E-state index in [-0.39, 0.29) is 0 Å². The first-order valence-corrected chi connectivity index (χ1v) is 8.57. The van der Waals surface area contributed by atoms with Crippen molar-refractivity contribution in [3.63, 3.8) is 0 Å². The van der Waals surface area contributed by atoms with E-state index < -0.39 is 0 Å². The lowest BCUT2D eigenvalue weighted by Gasteiger charge is -2.05. The van der Waals surface area contributed by atoms with Crippen molar-refractivity contribution in [1.82, 2.24) is 10.3 Å². The van der Waals surface area contributed by atoms with Crippen LogP contribution in [-0.4, -0.2) is 24.7 Å². The average Bonchev–Trinajstić information content (AvgIpc) is 2.91. The Balaban J connectivity index is 2.02. The van der Waals surface area contributed by atoms with Crippen LogP contribution in [0.3, 0.4) is 0 Å². The number of hydrogen-bond acceptors (Lipinski definition) is 4. The van der Waals surface area contributed by atoms with Crippen LogP contribution in [0.15, 0.2) is 36.9 Å². The molecule has 1 heterocycles. The molecule has 0 spiro atoms.